The van der Waals surface area contributed by atoms with Crippen molar-refractivity contribution in [3.05, 3.63) is 16.1 Å². The lowest BCUT2D eigenvalue weighted by Gasteiger charge is -2.19. The predicted octanol–water partition coefficient (Wildman–Crippen LogP) is 3.03. The van der Waals surface area contributed by atoms with Crippen LogP contribution in [0.5, 0.6) is 0 Å². The number of rotatable bonds is 4. The van der Waals surface area contributed by atoms with Crippen molar-refractivity contribution in [2.24, 2.45) is 5.73 Å². The van der Waals surface area contributed by atoms with Crippen molar-refractivity contribution in [1.29, 1.82) is 0 Å². The van der Waals surface area contributed by atoms with Crippen LogP contribution in [0.4, 0.5) is 0 Å². The van der Waals surface area contributed by atoms with Crippen LogP contribution in [0.2, 0.25) is 0 Å². The minimum Gasteiger partial charge on any atom is -0.330 e. The van der Waals surface area contributed by atoms with E-state index in [-0.39, 0.29) is 0 Å². The quantitative estimate of drug-likeness (QED) is 0.900. The summed E-state index contributed by atoms with van der Waals surface area (Å²) < 4.78 is 0. The lowest BCUT2D eigenvalue weighted by atomic mass is 10.1. The smallest absolute Gasteiger partial charge is 0.0938 e. The highest BCUT2D eigenvalue weighted by molar-refractivity contribution is 7.99. The van der Waals surface area contributed by atoms with Gasteiger partial charge in [0.05, 0.1) is 5.01 Å². The molecule has 0 aromatic carbocycles. The van der Waals surface area contributed by atoms with Gasteiger partial charge in [-0.3, -0.25) is 0 Å². The van der Waals surface area contributed by atoms with Crippen LogP contribution in [0, 0.1) is 0 Å². The molecule has 2 atom stereocenters. The number of hydrogen-bond acceptors (Lipinski definition) is 4. The van der Waals surface area contributed by atoms with Crippen molar-refractivity contribution in [3.63, 3.8) is 0 Å². The average Bonchev–Trinajstić information content (AvgIpc) is 2.78. The molecule has 0 saturated carbocycles. The summed E-state index contributed by atoms with van der Waals surface area (Å²) in [4.78, 5) is 5.87. The van der Waals surface area contributed by atoms with Crippen molar-refractivity contribution >= 4 is 23.1 Å². The second kappa shape index (κ2) is 6.03. The van der Waals surface area contributed by atoms with Crippen molar-refractivity contribution in [2.75, 3.05) is 12.3 Å². The first-order valence-electron chi connectivity index (χ1n) is 6.06. The summed E-state index contributed by atoms with van der Waals surface area (Å²) in [5.74, 6) is 1.80. The summed E-state index contributed by atoms with van der Waals surface area (Å²) in [5, 5.41) is 2.11. The molecule has 1 aromatic heterocycles. The summed E-state index contributed by atoms with van der Waals surface area (Å²) >= 11 is 3.98. The lowest BCUT2D eigenvalue weighted by Crippen LogP contribution is -2.12. The Hall–Kier alpha value is -0.0600. The van der Waals surface area contributed by atoms with Gasteiger partial charge >= 0.3 is 0 Å². The highest BCUT2D eigenvalue weighted by atomic mass is 32.2. The third-order valence-corrected chi connectivity index (χ3v) is 5.74. The summed E-state index contributed by atoms with van der Waals surface area (Å²) in [6, 6.07) is 0. The van der Waals surface area contributed by atoms with Crippen molar-refractivity contribution in [1.82, 2.24) is 4.98 Å². The molecule has 0 spiro atoms. The largest absolute Gasteiger partial charge is 0.330 e. The maximum Gasteiger partial charge on any atom is 0.0938 e. The summed E-state index contributed by atoms with van der Waals surface area (Å²) in [6.07, 6.45) is 7.34. The molecule has 2 N–H and O–H groups in total. The van der Waals surface area contributed by atoms with E-state index in [2.05, 4.69) is 23.7 Å². The number of nitrogens with two attached hydrogens (primary N) is 1. The number of thioether (sulfide) groups is 1. The number of aromatic nitrogens is 1. The van der Waals surface area contributed by atoms with E-state index in [1.54, 1.807) is 0 Å². The number of thiazole rings is 1. The molecule has 2 rings (SSSR count). The highest BCUT2D eigenvalue weighted by Gasteiger charge is 2.17. The van der Waals surface area contributed by atoms with Crippen LogP contribution in [0.3, 0.4) is 0 Å². The van der Waals surface area contributed by atoms with Crippen LogP contribution in [0.25, 0.3) is 0 Å². The van der Waals surface area contributed by atoms with E-state index < -0.39 is 0 Å². The van der Waals surface area contributed by atoms with Gasteiger partial charge in [-0.15, -0.1) is 11.3 Å². The number of nitrogens with zero attached hydrogens (tertiary/aromatic N) is 1. The van der Waals surface area contributed by atoms with Crippen molar-refractivity contribution in [2.45, 2.75) is 43.8 Å². The molecule has 90 valence electrons. The normalized spacial score (nSPS) is 23.2. The van der Waals surface area contributed by atoms with Gasteiger partial charge < -0.3 is 5.73 Å². The Bertz CT molecular complexity index is 319. The van der Waals surface area contributed by atoms with Crippen molar-refractivity contribution in [3.8, 4) is 0 Å². The first-order valence-corrected chi connectivity index (χ1v) is 7.92. The first-order chi connectivity index (χ1) is 7.79. The molecule has 1 saturated heterocycles. The Morgan fingerprint density at radius 3 is 3.12 bits per heavy atom. The number of hydrogen-bond donors (Lipinski definition) is 1. The van der Waals surface area contributed by atoms with Gasteiger partial charge in [-0.2, -0.15) is 11.8 Å². The van der Waals surface area contributed by atoms with E-state index >= 15 is 0 Å². The average molecular weight is 256 g/mol. The van der Waals surface area contributed by atoms with Gasteiger partial charge in [0.15, 0.2) is 0 Å². The Morgan fingerprint density at radius 2 is 2.44 bits per heavy atom. The van der Waals surface area contributed by atoms with Crippen molar-refractivity contribution < 1.29 is 0 Å². The van der Waals surface area contributed by atoms with Gasteiger partial charge in [0.1, 0.15) is 0 Å². The Balaban J connectivity index is 1.91. The zero-order valence-corrected chi connectivity index (χ0v) is 11.4. The van der Waals surface area contributed by atoms with Crippen LogP contribution in [0.15, 0.2) is 6.20 Å². The topological polar surface area (TPSA) is 38.9 Å². The van der Waals surface area contributed by atoms with E-state index in [1.165, 1.54) is 34.9 Å². The minimum absolute atomic E-state index is 0.463. The van der Waals surface area contributed by atoms with Crippen LogP contribution in [-0.2, 0) is 6.42 Å². The van der Waals surface area contributed by atoms with Crippen LogP contribution in [-0.4, -0.2) is 22.5 Å². The van der Waals surface area contributed by atoms with Gasteiger partial charge in [-0.25, -0.2) is 4.98 Å². The molecule has 1 aliphatic heterocycles. The maximum atomic E-state index is 5.67. The maximum absolute atomic E-state index is 5.67. The molecule has 0 aliphatic carbocycles. The molecule has 1 fully saturated rings. The predicted molar refractivity (Wildman–Crippen MR) is 73.4 cm³/mol. The van der Waals surface area contributed by atoms with E-state index in [0.717, 1.165) is 18.2 Å². The lowest BCUT2D eigenvalue weighted by molar-refractivity contribution is 0.659. The Morgan fingerprint density at radius 1 is 1.56 bits per heavy atom. The van der Waals surface area contributed by atoms with Gasteiger partial charge in [-0.05, 0) is 25.1 Å². The van der Waals surface area contributed by atoms with Gasteiger partial charge in [0, 0.05) is 28.7 Å². The molecule has 1 aliphatic rings. The fraction of sp³-hybridized carbons (Fsp3) is 0.750. The fourth-order valence-electron chi connectivity index (χ4n) is 1.93. The van der Waals surface area contributed by atoms with E-state index in [4.69, 9.17) is 5.73 Å². The van der Waals surface area contributed by atoms with Crippen LogP contribution >= 0.6 is 23.1 Å². The van der Waals surface area contributed by atoms with Gasteiger partial charge in [-0.1, -0.05) is 13.3 Å². The van der Waals surface area contributed by atoms with Gasteiger partial charge in [0.25, 0.3) is 0 Å². The van der Waals surface area contributed by atoms with Crippen LogP contribution < -0.4 is 5.73 Å². The van der Waals surface area contributed by atoms with E-state index in [0.29, 0.717) is 5.92 Å². The Kier molecular flexibility index (Phi) is 4.67. The summed E-state index contributed by atoms with van der Waals surface area (Å²) in [5.41, 5.74) is 5.67. The monoisotopic (exact) mass is 256 g/mol. The Labute approximate surface area is 106 Å². The third-order valence-electron chi connectivity index (χ3n) is 3.09. The highest BCUT2D eigenvalue weighted by Crippen LogP contribution is 2.30. The molecule has 0 amide bonds. The van der Waals surface area contributed by atoms with Crippen LogP contribution in [0.1, 0.15) is 42.0 Å². The van der Waals surface area contributed by atoms with E-state index in [9.17, 15) is 0 Å². The van der Waals surface area contributed by atoms with Gasteiger partial charge in [0.2, 0.25) is 0 Å². The zero-order chi connectivity index (χ0) is 11.4. The standard InChI is InChI=1S/C12H20N2S2/c1-9(7-13)11-8-14-12(16-11)6-10-4-2-3-5-15-10/h8-10H,2-7,13H2,1H3. The first kappa shape index (κ1) is 12.4. The SMILES string of the molecule is CC(CN)c1cnc(CC2CCCCS2)s1. The van der Waals surface area contributed by atoms with E-state index in [1.807, 2.05) is 17.5 Å². The molecule has 0 bridgehead atoms. The molecule has 16 heavy (non-hydrogen) atoms. The molecular weight excluding hydrogens is 236 g/mol. The molecule has 2 nitrogen and oxygen atoms in total. The summed E-state index contributed by atoms with van der Waals surface area (Å²) in [7, 11) is 0. The third kappa shape index (κ3) is 3.22. The molecule has 2 heterocycles. The second-order valence-electron chi connectivity index (χ2n) is 4.49. The molecule has 1 aromatic rings. The zero-order valence-electron chi connectivity index (χ0n) is 9.82. The second-order valence-corrected chi connectivity index (χ2v) is 7.04. The molecule has 0 radical (unpaired) electrons. The summed E-state index contributed by atoms with van der Waals surface area (Å²) in [6.45, 7) is 2.90. The fourth-order valence-corrected chi connectivity index (χ4v) is 4.41. The molecule has 4 heteroatoms. The molecular formula is C12H20N2S2. The minimum atomic E-state index is 0.463. The molecule has 2 unspecified atom stereocenters.